The summed E-state index contributed by atoms with van der Waals surface area (Å²) >= 11 is 0. The Morgan fingerprint density at radius 3 is 1.23 bits per heavy atom. The van der Waals surface area contributed by atoms with Crippen LogP contribution in [0.4, 0.5) is 4.79 Å². The molecule has 0 aromatic heterocycles. The maximum atomic E-state index is 14.9. The lowest BCUT2D eigenvalue weighted by atomic mass is 9.91. The number of benzene rings is 6. The van der Waals surface area contributed by atoms with Crippen molar-refractivity contribution in [1.82, 2.24) is 9.80 Å². The lowest BCUT2D eigenvalue weighted by Crippen LogP contribution is -2.50. The molecule has 6 aromatic rings. The summed E-state index contributed by atoms with van der Waals surface area (Å²) in [6, 6.07) is 52.1. The first-order valence-electron chi connectivity index (χ1n) is 18.7. The molecule has 0 aliphatic carbocycles. The van der Waals surface area contributed by atoms with E-state index in [0.717, 1.165) is 22.3 Å². The Labute approximate surface area is 327 Å². The van der Waals surface area contributed by atoms with Crippen LogP contribution in [-0.4, -0.2) is 56.7 Å². The fourth-order valence-electron chi connectivity index (χ4n) is 6.99. The number of hydrogen-bond acceptors (Lipinski definition) is 7. The summed E-state index contributed by atoms with van der Waals surface area (Å²) in [4.78, 5) is 18.3. The molecule has 4 atom stereocenters. The van der Waals surface area contributed by atoms with Gasteiger partial charge in [0.1, 0.15) is 29.5 Å². The molecule has 6 aromatic carbocycles. The van der Waals surface area contributed by atoms with E-state index in [1.54, 1.807) is 70.5 Å². The minimum Gasteiger partial charge on any atom is -0.479 e. The maximum Gasteiger partial charge on any atom is 0.468 e. The van der Waals surface area contributed by atoms with Crippen molar-refractivity contribution in [2.24, 2.45) is 0 Å². The second-order valence-corrected chi connectivity index (χ2v) is 15.7. The maximum absolute atomic E-state index is 14.9. The first-order valence-corrected chi connectivity index (χ1v) is 20.4. The van der Waals surface area contributed by atoms with Gasteiger partial charge in [-0.15, -0.1) is 0 Å². The van der Waals surface area contributed by atoms with Crippen molar-refractivity contribution in [3.63, 3.8) is 0 Å². The molecule has 56 heavy (non-hydrogen) atoms. The van der Waals surface area contributed by atoms with Gasteiger partial charge in [0, 0.05) is 13.1 Å². The Kier molecular flexibility index (Phi) is 12.5. The van der Waals surface area contributed by atoms with Gasteiger partial charge >= 0.3 is 13.6 Å². The van der Waals surface area contributed by atoms with Crippen LogP contribution in [0.1, 0.15) is 22.3 Å². The van der Waals surface area contributed by atoms with Crippen molar-refractivity contribution in [3.05, 3.63) is 198 Å². The van der Waals surface area contributed by atoms with E-state index < -0.39 is 31.9 Å². The molecule has 1 aliphatic rings. The Morgan fingerprint density at radius 1 is 0.464 bits per heavy atom. The molecule has 0 unspecified atom stereocenters. The highest BCUT2D eigenvalue weighted by Gasteiger charge is 2.46. The molecule has 286 valence electrons. The van der Waals surface area contributed by atoms with Crippen molar-refractivity contribution in [3.8, 4) is 17.2 Å². The summed E-state index contributed by atoms with van der Waals surface area (Å²) < 4.78 is 31.7. The van der Waals surface area contributed by atoms with Gasteiger partial charge in [0.25, 0.3) is 0 Å². The zero-order valence-corrected chi connectivity index (χ0v) is 31.8. The van der Waals surface area contributed by atoms with E-state index in [0.29, 0.717) is 23.7 Å². The third kappa shape index (κ3) is 9.86. The van der Waals surface area contributed by atoms with Crippen LogP contribution in [0.25, 0.3) is 0 Å². The number of para-hydroxylation sites is 2. The van der Waals surface area contributed by atoms with Gasteiger partial charge in [-0.25, -0.2) is 9.36 Å². The van der Waals surface area contributed by atoms with E-state index in [-0.39, 0.29) is 31.9 Å². The average Bonchev–Trinajstić information content (AvgIpc) is 3.29. The molecule has 1 fully saturated rings. The zero-order valence-electron chi connectivity index (χ0n) is 30.9. The van der Waals surface area contributed by atoms with Gasteiger partial charge < -0.3 is 33.8 Å². The van der Waals surface area contributed by atoms with Crippen LogP contribution in [-0.2, 0) is 30.5 Å². The number of hydrogen-bond donors (Lipinski definition) is 2. The van der Waals surface area contributed by atoms with Crippen LogP contribution in [0, 0.1) is 0 Å². The van der Waals surface area contributed by atoms with Gasteiger partial charge in [-0.05, 0) is 71.5 Å². The normalized spacial score (nSPS) is 18.6. The second kappa shape index (κ2) is 18.2. The standard InChI is InChI=1S/C46H45N2O7P/c49-44-42(30-35-16-6-1-7-17-35)47(32-37-18-8-2-9-19-37)46(51)48(33-38-20-10-3-11-21-38)43(45(44)50)31-36-26-28-39(29-27-36)53-34-56(52,54-40-22-12-4-13-23-40)55-41-24-14-5-15-25-41/h1-29,42-45,49-50H,30-34H2/t42-,43-,44+,45+/m1/s1. The van der Waals surface area contributed by atoms with E-state index in [9.17, 15) is 19.6 Å². The minimum atomic E-state index is -3.83. The van der Waals surface area contributed by atoms with Crippen molar-refractivity contribution >= 4 is 13.6 Å². The molecule has 1 saturated heterocycles. The number of carbonyl (C=O) groups is 1. The SMILES string of the molecule is O=C1N(Cc2ccccc2)[C@H](Cc2ccccc2)[C@H](O)[C@@H](O)[C@@H](Cc2ccc(OCP(=O)(Oc3ccccc3)Oc3ccccc3)cc2)N1Cc1ccccc1. The zero-order chi connectivity index (χ0) is 38.7. The summed E-state index contributed by atoms with van der Waals surface area (Å²) in [6.07, 6.45) is -2.27. The Bertz CT molecular complexity index is 2120. The highest BCUT2D eigenvalue weighted by Crippen LogP contribution is 2.48. The van der Waals surface area contributed by atoms with E-state index in [4.69, 9.17) is 13.8 Å². The molecule has 0 bridgehead atoms. The van der Waals surface area contributed by atoms with E-state index in [1.165, 1.54) is 0 Å². The van der Waals surface area contributed by atoms with Gasteiger partial charge in [-0.2, -0.15) is 0 Å². The number of amides is 2. The van der Waals surface area contributed by atoms with E-state index in [1.807, 2.05) is 115 Å². The fourth-order valence-corrected chi connectivity index (χ4v) is 8.33. The number of ether oxygens (including phenoxy) is 1. The summed E-state index contributed by atoms with van der Waals surface area (Å²) in [6.45, 7) is 0.494. The Morgan fingerprint density at radius 2 is 0.821 bits per heavy atom. The predicted molar refractivity (Wildman–Crippen MR) is 216 cm³/mol. The number of carbonyl (C=O) groups excluding carboxylic acids is 1. The molecule has 10 heteroatoms. The van der Waals surface area contributed by atoms with Gasteiger partial charge in [0.05, 0.1) is 12.1 Å². The highest BCUT2D eigenvalue weighted by molar-refractivity contribution is 7.54. The van der Waals surface area contributed by atoms with Crippen LogP contribution < -0.4 is 13.8 Å². The van der Waals surface area contributed by atoms with E-state index in [2.05, 4.69) is 0 Å². The topological polar surface area (TPSA) is 109 Å². The molecule has 2 amide bonds. The van der Waals surface area contributed by atoms with Gasteiger partial charge in [-0.3, -0.25) is 0 Å². The largest absolute Gasteiger partial charge is 0.479 e. The number of nitrogens with zero attached hydrogens (tertiary/aromatic N) is 2. The fraction of sp³-hybridized carbons (Fsp3) is 0.196. The van der Waals surface area contributed by atoms with Crippen LogP contribution in [0.3, 0.4) is 0 Å². The number of aliphatic hydroxyl groups excluding tert-OH is 2. The quantitative estimate of drug-likeness (QED) is 0.101. The smallest absolute Gasteiger partial charge is 0.468 e. The third-order valence-electron chi connectivity index (χ3n) is 9.84. The summed E-state index contributed by atoms with van der Waals surface area (Å²) in [5, 5.41) is 24.1. The molecular formula is C46H45N2O7P. The monoisotopic (exact) mass is 768 g/mol. The Hall–Kier alpha value is -5.86. The molecule has 9 nitrogen and oxygen atoms in total. The minimum absolute atomic E-state index is 0.233. The molecular weight excluding hydrogens is 723 g/mol. The van der Waals surface area contributed by atoms with Gasteiger partial charge in [0.2, 0.25) is 6.35 Å². The van der Waals surface area contributed by atoms with Gasteiger partial charge in [-0.1, -0.05) is 140 Å². The predicted octanol–water partition coefficient (Wildman–Crippen LogP) is 8.76. The summed E-state index contributed by atoms with van der Waals surface area (Å²) in [7, 11) is -3.83. The molecule has 0 saturated carbocycles. The van der Waals surface area contributed by atoms with Crippen LogP contribution in [0.15, 0.2) is 176 Å². The first-order chi connectivity index (χ1) is 27.3. The van der Waals surface area contributed by atoms with Crippen LogP contribution in [0.5, 0.6) is 17.2 Å². The van der Waals surface area contributed by atoms with Crippen molar-refractivity contribution in [1.29, 1.82) is 0 Å². The summed E-state index contributed by atoms with van der Waals surface area (Å²) in [5.41, 5.74) is 3.57. The van der Waals surface area contributed by atoms with Crippen molar-refractivity contribution in [2.75, 3.05) is 6.35 Å². The number of urea groups is 1. The molecule has 1 heterocycles. The van der Waals surface area contributed by atoms with Crippen molar-refractivity contribution in [2.45, 2.75) is 50.2 Å². The highest BCUT2D eigenvalue weighted by atomic mass is 31.2. The molecule has 2 N–H and O–H groups in total. The Balaban J connectivity index is 1.15. The first kappa shape index (κ1) is 38.4. The van der Waals surface area contributed by atoms with Crippen LogP contribution >= 0.6 is 7.60 Å². The third-order valence-corrected chi connectivity index (χ3v) is 11.3. The average molecular weight is 769 g/mol. The van der Waals surface area contributed by atoms with Crippen molar-refractivity contribution < 1.29 is 33.4 Å². The molecule has 0 radical (unpaired) electrons. The summed E-state index contributed by atoms with van der Waals surface area (Å²) in [5.74, 6) is 1.20. The number of aliphatic hydroxyl groups is 2. The number of rotatable bonds is 15. The lowest BCUT2D eigenvalue weighted by Gasteiger charge is -2.36. The molecule has 7 rings (SSSR count). The van der Waals surface area contributed by atoms with Crippen LogP contribution in [0.2, 0.25) is 0 Å². The second-order valence-electron chi connectivity index (χ2n) is 13.9. The molecule has 1 aliphatic heterocycles. The molecule has 0 spiro atoms. The lowest BCUT2D eigenvalue weighted by molar-refractivity contribution is -0.0408. The van der Waals surface area contributed by atoms with Gasteiger partial charge in [0.15, 0.2) is 0 Å². The van der Waals surface area contributed by atoms with E-state index >= 15 is 0 Å².